The molecule has 1 heterocycles. The van der Waals surface area contributed by atoms with Crippen molar-refractivity contribution in [2.75, 3.05) is 11.9 Å². The van der Waals surface area contributed by atoms with Gasteiger partial charge in [-0.15, -0.1) is 0 Å². The molecular formula is C16H16N2. The molecule has 3 rings (SSSR count). The van der Waals surface area contributed by atoms with Crippen molar-refractivity contribution >= 4 is 16.6 Å². The summed E-state index contributed by atoms with van der Waals surface area (Å²) in [6, 6.07) is 19.0. The zero-order valence-electron chi connectivity index (χ0n) is 10.2. The van der Waals surface area contributed by atoms with Gasteiger partial charge in [0.25, 0.3) is 0 Å². The molecule has 0 aliphatic carbocycles. The Kier molecular flexibility index (Phi) is 3.01. The molecule has 0 saturated heterocycles. The smallest absolute Gasteiger partial charge is 0.0455 e. The summed E-state index contributed by atoms with van der Waals surface area (Å²) < 4.78 is 0. The molecule has 0 bridgehead atoms. The van der Waals surface area contributed by atoms with Crippen molar-refractivity contribution in [3.05, 3.63) is 66.4 Å². The predicted molar refractivity (Wildman–Crippen MR) is 76.9 cm³/mol. The second-order valence-electron chi connectivity index (χ2n) is 4.44. The summed E-state index contributed by atoms with van der Waals surface area (Å²) >= 11 is 0. The van der Waals surface area contributed by atoms with E-state index in [0.29, 0.717) is 0 Å². The monoisotopic (exact) mass is 236 g/mol. The molecule has 0 spiro atoms. The highest BCUT2D eigenvalue weighted by Gasteiger charge is 1.97. The number of nitrogens with one attached hydrogen (secondary N) is 2. The van der Waals surface area contributed by atoms with Crippen molar-refractivity contribution in [3.8, 4) is 0 Å². The average Bonchev–Trinajstić information content (AvgIpc) is 2.87. The highest BCUT2D eigenvalue weighted by atomic mass is 14.9. The minimum absolute atomic E-state index is 0.958. The molecule has 18 heavy (non-hydrogen) atoms. The number of fused-ring (bicyclic) bond motifs is 1. The van der Waals surface area contributed by atoms with Crippen molar-refractivity contribution in [2.24, 2.45) is 0 Å². The van der Waals surface area contributed by atoms with E-state index in [1.807, 2.05) is 6.20 Å². The molecule has 2 nitrogen and oxygen atoms in total. The van der Waals surface area contributed by atoms with Crippen molar-refractivity contribution in [3.63, 3.8) is 0 Å². The van der Waals surface area contributed by atoms with Gasteiger partial charge in [-0.25, -0.2) is 0 Å². The Labute approximate surface area is 107 Å². The van der Waals surface area contributed by atoms with Crippen LogP contribution in [0.1, 0.15) is 5.56 Å². The number of anilines is 1. The summed E-state index contributed by atoms with van der Waals surface area (Å²) in [5, 5.41) is 4.71. The van der Waals surface area contributed by atoms with Crippen LogP contribution in [0.25, 0.3) is 10.9 Å². The van der Waals surface area contributed by atoms with Gasteiger partial charge in [0, 0.05) is 29.3 Å². The Bertz CT molecular complexity index is 626. The lowest BCUT2D eigenvalue weighted by molar-refractivity contribution is 1.02. The maximum atomic E-state index is 3.46. The molecule has 2 N–H and O–H groups in total. The van der Waals surface area contributed by atoms with Crippen LogP contribution in [0.2, 0.25) is 0 Å². The summed E-state index contributed by atoms with van der Waals surface area (Å²) in [5.74, 6) is 0. The van der Waals surface area contributed by atoms with Crippen LogP contribution in [0.5, 0.6) is 0 Å². The first kappa shape index (κ1) is 10.9. The molecule has 0 fully saturated rings. The van der Waals surface area contributed by atoms with Crippen LogP contribution >= 0.6 is 0 Å². The van der Waals surface area contributed by atoms with Crippen LogP contribution in [0.4, 0.5) is 5.69 Å². The first-order valence-corrected chi connectivity index (χ1v) is 6.27. The molecule has 3 aromatic rings. The minimum atomic E-state index is 0.958. The highest BCUT2D eigenvalue weighted by molar-refractivity contribution is 5.82. The number of H-pyrrole nitrogens is 1. The van der Waals surface area contributed by atoms with Gasteiger partial charge in [0.05, 0.1) is 0 Å². The van der Waals surface area contributed by atoms with Crippen LogP contribution in [0, 0.1) is 0 Å². The molecule has 0 radical (unpaired) electrons. The molecule has 0 saturated carbocycles. The predicted octanol–water partition coefficient (Wildman–Crippen LogP) is 3.82. The van der Waals surface area contributed by atoms with Crippen molar-refractivity contribution < 1.29 is 0 Å². The van der Waals surface area contributed by atoms with Crippen LogP contribution < -0.4 is 5.32 Å². The second kappa shape index (κ2) is 4.96. The Morgan fingerprint density at radius 3 is 2.72 bits per heavy atom. The number of hydrogen-bond acceptors (Lipinski definition) is 1. The van der Waals surface area contributed by atoms with Crippen molar-refractivity contribution in [2.45, 2.75) is 6.42 Å². The van der Waals surface area contributed by atoms with E-state index < -0.39 is 0 Å². The number of aromatic nitrogens is 1. The van der Waals surface area contributed by atoms with Gasteiger partial charge in [0.1, 0.15) is 0 Å². The molecule has 0 atom stereocenters. The van der Waals surface area contributed by atoms with Gasteiger partial charge in [-0.3, -0.25) is 0 Å². The fourth-order valence-corrected chi connectivity index (χ4v) is 2.16. The SMILES string of the molecule is c1ccc(CCNc2ccc3[nH]ccc3c2)cc1. The molecule has 1 aromatic heterocycles. The van der Waals surface area contributed by atoms with Crippen LogP contribution in [0.3, 0.4) is 0 Å². The van der Waals surface area contributed by atoms with E-state index in [0.717, 1.165) is 13.0 Å². The van der Waals surface area contributed by atoms with E-state index in [4.69, 9.17) is 0 Å². The third-order valence-corrected chi connectivity index (χ3v) is 3.14. The highest BCUT2D eigenvalue weighted by Crippen LogP contribution is 2.17. The molecule has 0 unspecified atom stereocenters. The summed E-state index contributed by atoms with van der Waals surface area (Å²) in [7, 11) is 0. The normalized spacial score (nSPS) is 10.7. The van der Waals surface area contributed by atoms with Gasteiger partial charge in [0.15, 0.2) is 0 Å². The Hall–Kier alpha value is -2.22. The Morgan fingerprint density at radius 2 is 1.83 bits per heavy atom. The average molecular weight is 236 g/mol. The molecular weight excluding hydrogens is 220 g/mol. The first-order valence-electron chi connectivity index (χ1n) is 6.27. The van der Waals surface area contributed by atoms with E-state index in [9.17, 15) is 0 Å². The van der Waals surface area contributed by atoms with Crippen molar-refractivity contribution in [1.29, 1.82) is 0 Å². The fraction of sp³-hybridized carbons (Fsp3) is 0.125. The standard InChI is InChI=1S/C16H16N2/c1-2-4-13(5-3-1)8-10-17-15-6-7-16-14(12-15)9-11-18-16/h1-7,9,11-12,17-18H,8,10H2. The summed E-state index contributed by atoms with van der Waals surface area (Å²) in [5.41, 5.74) is 3.73. The topological polar surface area (TPSA) is 27.8 Å². The zero-order valence-corrected chi connectivity index (χ0v) is 10.2. The van der Waals surface area contributed by atoms with Gasteiger partial charge < -0.3 is 10.3 Å². The lowest BCUT2D eigenvalue weighted by Crippen LogP contribution is -2.04. The van der Waals surface area contributed by atoms with Crippen molar-refractivity contribution in [1.82, 2.24) is 4.98 Å². The molecule has 2 heteroatoms. The maximum Gasteiger partial charge on any atom is 0.0455 e. The quantitative estimate of drug-likeness (QED) is 0.708. The largest absolute Gasteiger partial charge is 0.385 e. The van der Waals surface area contributed by atoms with E-state index in [-0.39, 0.29) is 0 Å². The number of hydrogen-bond donors (Lipinski definition) is 2. The maximum absolute atomic E-state index is 3.46. The summed E-state index contributed by atoms with van der Waals surface area (Å²) in [6.45, 7) is 0.958. The Balaban J connectivity index is 1.62. The van der Waals surface area contributed by atoms with Gasteiger partial charge in [0.2, 0.25) is 0 Å². The zero-order chi connectivity index (χ0) is 12.2. The van der Waals surface area contributed by atoms with Gasteiger partial charge in [-0.05, 0) is 36.2 Å². The lowest BCUT2D eigenvalue weighted by atomic mass is 10.1. The van der Waals surface area contributed by atoms with E-state index in [2.05, 4.69) is 64.9 Å². The molecule has 0 aliphatic heterocycles. The fourth-order valence-electron chi connectivity index (χ4n) is 2.16. The minimum Gasteiger partial charge on any atom is -0.385 e. The van der Waals surface area contributed by atoms with E-state index in [1.54, 1.807) is 0 Å². The number of benzene rings is 2. The molecule has 0 amide bonds. The molecule has 2 aromatic carbocycles. The lowest BCUT2D eigenvalue weighted by Gasteiger charge is -2.06. The second-order valence-corrected chi connectivity index (χ2v) is 4.44. The van der Waals surface area contributed by atoms with E-state index >= 15 is 0 Å². The first-order chi connectivity index (χ1) is 8.92. The van der Waals surface area contributed by atoms with Crippen LogP contribution in [-0.4, -0.2) is 11.5 Å². The summed E-state index contributed by atoms with van der Waals surface area (Å²) in [4.78, 5) is 3.20. The van der Waals surface area contributed by atoms with Crippen LogP contribution in [0.15, 0.2) is 60.8 Å². The van der Waals surface area contributed by atoms with Gasteiger partial charge in [-0.1, -0.05) is 30.3 Å². The third kappa shape index (κ3) is 2.38. The third-order valence-electron chi connectivity index (χ3n) is 3.14. The summed E-state index contributed by atoms with van der Waals surface area (Å²) in [6.07, 6.45) is 3.02. The van der Waals surface area contributed by atoms with E-state index in [1.165, 1.54) is 22.2 Å². The molecule has 0 aliphatic rings. The van der Waals surface area contributed by atoms with Gasteiger partial charge >= 0.3 is 0 Å². The van der Waals surface area contributed by atoms with Gasteiger partial charge in [-0.2, -0.15) is 0 Å². The Morgan fingerprint density at radius 1 is 0.944 bits per heavy atom. The number of aromatic amines is 1. The van der Waals surface area contributed by atoms with Crippen LogP contribution in [-0.2, 0) is 6.42 Å². The molecule has 90 valence electrons. The number of rotatable bonds is 4.